The molecule has 148 valence electrons. The van der Waals surface area contributed by atoms with E-state index < -0.39 is 0 Å². The standard InChI is InChI=1S/C23H22N2O4/c1-28-23(27)19-8-4-18(5-9-19)16-29-21-10-6-17(7-11-21)14-20(15-24)22(26)25-12-2-3-13-25/h4-11,14H,2-3,12-13,16H2,1H3/b20-14+. The van der Waals surface area contributed by atoms with E-state index in [0.29, 0.717) is 31.0 Å². The maximum Gasteiger partial charge on any atom is 0.337 e. The van der Waals surface area contributed by atoms with Gasteiger partial charge in [0.25, 0.3) is 5.91 Å². The molecule has 0 radical (unpaired) electrons. The number of rotatable bonds is 6. The minimum Gasteiger partial charge on any atom is -0.489 e. The zero-order valence-electron chi connectivity index (χ0n) is 16.3. The normalized spacial score (nSPS) is 13.7. The Balaban J connectivity index is 1.60. The highest BCUT2D eigenvalue weighted by Crippen LogP contribution is 2.18. The van der Waals surface area contributed by atoms with Crippen molar-refractivity contribution in [2.75, 3.05) is 20.2 Å². The molecule has 0 spiro atoms. The Morgan fingerprint density at radius 3 is 2.31 bits per heavy atom. The van der Waals surface area contributed by atoms with Crippen molar-refractivity contribution in [1.82, 2.24) is 4.90 Å². The Morgan fingerprint density at radius 2 is 1.72 bits per heavy atom. The lowest BCUT2D eigenvalue weighted by Crippen LogP contribution is -2.28. The van der Waals surface area contributed by atoms with Gasteiger partial charge in [-0.2, -0.15) is 5.26 Å². The van der Waals surface area contributed by atoms with Gasteiger partial charge < -0.3 is 14.4 Å². The molecule has 0 atom stereocenters. The largest absolute Gasteiger partial charge is 0.489 e. The lowest BCUT2D eigenvalue weighted by atomic mass is 10.1. The zero-order chi connectivity index (χ0) is 20.6. The van der Waals surface area contributed by atoms with Crippen LogP contribution in [-0.4, -0.2) is 37.0 Å². The summed E-state index contributed by atoms with van der Waals surface area (Å²) >= 11 is 0. The van der Waals surface area contributed by atoms with Crippen molar-refractivity contribution in [1.29, 1.82) is 5.26 Å². The van der Waals surface area contributed by atoms with Crippen molar-refractivity contribution in [2.45, 2.75) is 19.4 Å². The number of hydrogen-bond donors (Lipinski definition) is 0. The van der Waals surface area contributed by atoms with Crippen molar-refractivity contribution < 1.29 is 19.1 Å². The summed E-state index contributed by atoms with van der Waals surface area (Å²) < 4.78 is 10.4. The summed E-state index contributed by atoms with van der Waals surface area (Å²) in [4.78, 5) is 25.5. The quantitative estimate of drug-likeness (QED) is 0.428. The van der Waals surface area contributed by atoms with Gasteiger partial charge in [-0.05, 0) is 54.3 Å². The number of esters is 1. The van der Waals surface area contributed by atoms with Crippen molar-refractivity contribution in [3.63, 3.8) is 0 Å². The summed E-state index contributed by atoms with van der Waals surface area (Å²) in [6, 6.07) is 16.2. The fourth-order valence-corrected chi connectivity index (χ4v) is 3.08. The van der Waals surface area contributed by atoms with Gasteiger partial charge in [-0.15, -0.1) is 0 Å². The smallest absolute Gasteiger partial charge is 0.337 e. The second-order valence-corrected chi connectivity index (χ2v) is 6.72. The highest BCUT2D eigenvalue weighted by molar-refractivity contribution is 6.01. The van der Waals surface area contributed by atoms with Crippen LogP contribution in [0.3, 0.4) is 0 Å². The molecule has 1 aliphatic heterocycles. The molecule has 1 aliphatic rings. The average molecular weight is 390 g/mol. The molecule has 29 heavy (non-hydrogen) atoms. The molecule has 2 aromatic carbocycles. The van der Waals surface area contributed by atoms with E-state index >= 15 is 0 Å². The number of amides is 1. The van der Waals surface area contributed by atoms with Crippen LogP contribution in [0.5, 0.6) is 5.75 Å². The molecule has 1 heterocycles. The Morgan fingerprint density at radius 1 is 1.07 bits per heavy atom. The molecule has 3 rings (SSSR count). The molecule has 1 saturated heterocycles. The summed E-state index contributed by atoms with van der Waals surface area (Å²) in [5.41, 5.74) is 2.32. The lowest BCUT2D eigenvalue weighted by Gasteiger charge is -2.14. The van der Waals surface area contributed by atoms with Crippen LogP contribution < -0.4 is 4.74 Å². The van der Waals surface area contributed by atoms with Crippen molar-refractivity contribution in [3.05, 3.63) is 70.8 Å². The molecular formula is C23H22N2O4. The van der Waals surface area contributed by atoms with Crippen LogP contribution in [0.2, 0.25) is 0 Å². The monoisotopic (exact) mass is 390 g/mol. The highest BCUT2D eigenvalue weighted by Gasteiger charge is 2.21. The molecule has 0 bridgehead atoms. The Hall–Kier alpha value is -3.59. The number of hydrogen-bond acceptors (Lipinski definition) is 5. The van der Waals surface area contributed by atoms with Gasteiger partial charge in [-0.3, -0.25) is 4.79 Å². The van der Waals surface area contributed by atoms with E-state index in [1.54, 1.807) is 35.2 Å². The van der Waals surface area contributed by atoms with Gasteiger partial charge in [0.2, 0.25) is 0 Å². The molecule has 0 aliphatic carbocycles. The van der Waals surface area contributed by atoms with Gasteiger partial charge >= 0.3 is 5.97 Å². The van der Waals surface area contributed by atoms with Gasteiger partial charge in [-0.25, -0.2) is 4.79 Å². The van der Waals surface area contributed by atoms with Crippen LogP contribution in [0.25, 0.3) is 6.08 Å². The first-order chi connectivity index (χ1) is 14.1. The summed E-state index contributed by atoms with van der Waals surface area (Å²) in [5, 5.41) is 9.33. The molecule has 0 unspecified atom stereocenters. The van der Waals surface area contributed by atoms with Gasteiger partial charge in [0, 0.05) is 13.1 Å². The summed E-state index contributed by atoms with van der Waals surface area (Å²) in [7, 11) is 1.35. The van der Waals surface area contributed by atoms with Crippen molar-refractivity contribution in [3.8, 4) is 11.8 Å². The average Bonchev–Trinajstić information content (AvgIpc) is 3.31. The van der Waals surface area contributed by atoms with E-state index in [0.717, 1.165) is 24.0 Å². The number of nitriles is 1. The minimum absolute atomic E-state index is 0.145. The van der Waals surface area contributed by atoms with Gasteiger partial charge in [-0.1, -0.05) is 24.3 Å². The molecule has 6 nitrogen and oxygen atoms in total. The van der Waals surface area contributed by atoms with Gasteiger partial charge in [0.15, 0.2) is 0 Å². The number of ether oxygens (including phenoxy) is 2. The molecule has 1 fully saturated rings. The van der Waals surface area contributed by atoms with E-state index in [2.05, 4.69) is 4.74 Å². The van der Waals surface area contributed by atoms with Crippen LogP contribution in [0.15, 0.2) is 54.1 Å². The SMILES string of the molecule is COC(=O)c1ccc(COc2ccc(/C=C(\C#N)C(=O)N3CCCC3)cc2)cc1. The van der Waals surface area contributed by atoms with Crippen LogP contribution in [0.1, 0.15) is 34.3 Å². The highest BCUT2D eigenvalue weighted by atomic mass is 16.5. The molecule has 0 aromatic heterocycles. The lowest BCUT2D eigenvalue weighted by molar-refractivity contribution is -0.125. The maximum absolute atomic E-state index is 12.4. The summed E-state index contributed by atoms with van der Waals surface area (Å²) in [6.07, 6.45) is 3.58. The fraction of sp³-hybridized carbons (Fsp3) is 0.261. The molecular weight excluding hydrogens is 368 g/mol. The van der Waals surface area contributed by atoms with Gasteiger partial charge in [0.05, 0.1) is 12.7 Å². The van der Waals surface area contributed by atoms with E-state index in [-0.39, 0.29) is 17.4 Å². The molecule has 0 N–H and O–H groups in total. The van der Waals surface area contributed by atoms with Crippen molar-refractivity contribution >= 4 is 18.0 Å². The van der Waals surface area contributed by atoms with E-state index in [1.807, 2.05) is 30.3 Å². The number of benzene rings is 2. The first kappa shape index (κ1) is 20.2. The predicted molar refractivity (Wildman–Crippen MR) is 108 cm³/mol. The summed E-state index contributed by atoms with van der Waals surface area (Å²) in [5.74, 6) is 0.0883. The molecule has 0 saturated carbocycles. The van der Waals surface area contributed by atoms with Gasteiger partial charge in [0.1, 0.15) is 24.0 Å². The number of carbonyl (C=O) groups excluding carboxylic acids is 2. The predicted octanol–water partition coefficient (Wildman–Crippen LogP) is 3.58. The maximum atomic E-state index is 12.4. The number of nitrogens with zero attached hydrogens (tertiary/aromatic N) is 2. The van der Waals surface area contributed by atoms with Crippen molar-refractivity contribution in [2.24, 2.45) is 0 Å². The van der Waals surface area contributed by atoms with E-state index in [4.69, 9.17) is 4.74 Å². The second-order valence-electron chi connectivity index (χ2n) is 6.72. The Labute approximate surface area is 170 Å². The van der Waals surface area contributed by atoms with E-state index in [1.165, 1.54) is 7.11 Å². The summed E-state index contributed by atoms with van der Waals surface area (Å²) in [6.45, 7) is 1.78. The zero-order valence-corrected chi connectivity index (χ0v) is 16.3. The Bertz CT molecular complexity index is 934. The topological polar surface area (TPSA) is 79.6 Å². The third-order valence-corrected chi connectivity index (χ3v) is 4.72. The van der Waals surface area contributed by atoms with Crippen LogP contribution in [0, 0.1) is 11.3 Å². The first-order valence-electron chi connectivity index (χ1n) is 9.42. The Kier molecular flexibility index (Phi) is 6.64. The minimum atomic E-state index is -0.374. The number of likely N-dealkylation sites (tertiary alicyclic amines) is 1. The van der Waals surface area contributed by atoms with Crippen LogP contribution >= 0.6 is 0 Å². The molecule has 2 aromatic rings. The number of methoxy groups -OCH3 is 1. The van der Waals surface area contributed by atoms with Crippen LogP contribution in [-0.2, 0) is 16.1 Å². The van der Waals surface area contributed by atoms with Crippen LogP contribution in [0.4, 0.5) is 0 Å². The third kappa shape index (κ3) is 5.23. The molecule has 1 amide bonds. The van der Waals surface area contributed by atoms with E-state index in [9.17, 15) is 14.9 Å². The first-order valence-corrected chi connectivity index (χ1v) is 9.42. The molecule has 6 heteroatoms. The number of carbonyl (C=O) groups is 2. The second kappa shape index (κ2) is 9.56. The fourth-order valence-electron chi connectivity index (χ4n) is 3.08. The third-order valence-electron chi connectivity index (χ3n) is 4.72.